The lowest BCUT2D eigenvalue weighted by molar-refractivity contribution is 0.183. The first-order chi connectivity index (χ1) is 8.95. The summed E-state index contributed by atoms with van der Waals surface area (Å²) in [6.45, 7) is 1.83. The summed E-state index contributed by atoms with van der Waals surface area (Å²) < 4.78 is 5.60. The zero-order valence-corrected chi connectivity index (χ0v) is 10.3. The topological polar surface area (TPSA) is 9.23 Å². The van der Waals surface area contributed by atoms with E-state index in [0.717, 1.165) is 13.2 Å². The van der Waals surface area contributed by atoms with Gasteiger partial charge in [0.1, 0.15) is 0 Å². The van der Waals surface area contributed by atoms with Crippen LogP contribution in [0.1, 0.15) is 23.5 Å². The van der Waals surface area contributed by atoms with Crippen LogP contribution < -0.4 is 0 Å². The fourth-order valence-corrected chi connectivity index (χ4v) is 3.52. The van der Waals surface area contributed by atoms with Gasteiger partial charge in [0.05, 0.1) is 6.61 Å². The summed E-state index contributed by atoms with van der Waals surface area (Å²) in [6.07, 6.45) is 1.19. The van der Waals surface area contributed by atoms with E-state index in [2.05, 4.69) is 48.5 Å². The third kappa shape index (κ3) is 1.37. The molecule has 0 amide bonds. The minimum Gasteiger partial charge on any atom is -0.381 e. The highest BCUT2D eigenvalue weighted by atomic mass is 16.5. The van der Waals surface area contributed by atoms with Gasteiger partial charge in [0, 0.05) is 12.5 Å². The van der Waals surface area contributed by atoms with Gasteiger partial charge in [0.25, 0.3) is 0 Å². The molecule has 1 heteroatoms. The lowest BCUT2D eigenvalue weighted by Crippen LogP contribution is -2.11. The molecule has 18 heavy (non-hydrogen) atoms. The summed E-state index contributed by atoms with van der Waals surface area (Å²) in [6, 6.07) is 17.7. The summed E-state index contributed by atoms with van der Waals surface area (Å²) in [5.74, 6) is 1.19. The van der Waals surface area contributed by atoms with Gasteiger partial charge >= 0.3 is 0 Å². The third-order valence-corrected chi connectivity index (χ3v) is 4.32. The summed E-state index contributed by atoms with van der Waals surface area (Å²) in [5, 5.41) is 0. The molecule has 0 unspecified atom stereocenters. The van der Waals surface area contributed by atoms with Crippen LogP contribution in [0.25, 0.3) is 11.1 Å². The average molecular weight is 236 g/mol. The Bertz CT molecular complexity index is 536. The average Bonchev–Trinajstić information content (AvgIpc) is 3.03. The number of hydrogen-bond acceptors (Lipinski definition) is 1. The molecule has 1 fully saturated rings. The smallest absolute Gasteiger partial charge is 0.0504 e. The quantitative estimate of drug-likeness (QED) is 0.731. The van der Waals surface area contributed by atoms with Crippen molar-refractivity contribution >= 4 is 0 Å². The summed E-state index contributed by atoms with van der Waals surface area (Å²) >= 11 is 0. The second-order valence-corrected chi connectivity index (χ2v) is 5.28. The Labute approximate surface area is 107 Å². The van der Waals surface area contributed by atoms with Gasteiger partial charge in [-0.1, -0.05) is 48.5 Å². The van der Waals surface area contributed by atoms with Gasteiger partial charge in [-0.3, -0.25) is 0 Å². The summed E-state index contributed by atoms with van der Waals surface area (Å²) in [7, 11) is 0. The predicted octanol–water partition coefficient (Wildman–Crippen LogP) is 3.84. The van der Waals surface area contributed by atoms with Crippen molar-refractivity contribution in [3.8, 4) is 11.1 Å². The lowest BCUT2D eigenvalue weighted by Gasteiger charge is -2.19. The van der Waals surface area contributed by atoms with Gasteiger partial charge in [-0.25, -0.2) is 0 Å². The molecule has 1 saturated heterocycles. The Kier molecular flexibility index (Phi) is 2.27. The number of ether oxygens (including phenoxy) is 1. The molecular weight excluding hydrogens is 220 g/mol. The maximum atomic E-state index is 5.60. The minimum atomic E-state index is 0.542. The number of benzene rings is 2. The van der Waals surface area contributed by atoms with Crippen molar-refractivity contribution in [1.29, 1.82) is 0 Å². The molecule has 0 radical (unpaired) electrons. The monoisotopic (exact) mass is 236 g/mol. The van der Waals surface area contributed by atoms with Crippen LogP contribution in [0, 0.1) is 5.92 Å². The first-order valence-corrected chi connectivity index (χ1v) is 6.71. The highest BCUT2D eigenvalue weighted by Gasteiger charge is 2.35. The van der Waals surface area contributed by atoms with Gasteiger partial charge in [-0.15, -0.1) is 0 Å². The molecule has 0 saturated carbocycles. The first-order valence-electron chi connectivity index (χ1n) is 6.71. The van der Waals surface area contributed by atoms with Crippen LogP contribution in [-0.2, 0) is 4.74 Å². The third-order valence-electron chi connectivity index (χ3n) is 4.32. The molecule has 1 aliphatic heterocycles. The molecular formula is C17H16O. The van der Waals surface area contributed by atoms with Gasteiger partial charge in [0.15, 0.2) is 0 Å². The Balaban J connectivity index is 1.92. The van der Waals surface area contributed by atoms with Crippen molar-refractivity contribution in [2.24, 2.45) is 5.92 Å². The van der Waals surface area contributed by atoms with Crippen molar-refractivity contribution in [2.75, 3.05) is 13.2 Å². The standard InChI is InChI=1S/C17H16O/c1-3-7-15-13(5-1)14-6-2-4-8-16(14)17(15)12-9-10-18-11-12/h1-8,12,17H,9-11H2/t12-/m1/s1. The van der Waals surface area contributed by atoms with Crippen LogP contribution >= 0.6 is 0 Å². The molecule has 0 spiro atoms. The highest BCUT2D eigenvalue weighted by Crippen LogP contribution is 2.49. The van der Waals surface area contributed by atoms with Crippen LogP contribution in [0.15, 0.2) is 48.5 Å². The summed E-state index contributed by atoms with van der Waals surface area (Å²) in [4.78, 5) is 0. The molecule has 2 aliphatic rings. The molecule has 4 rings (SSSR count). The molecule has 0 aromatic heterocycles. The van der Waals surface area contributed by atoms with Gasteiger partial charge in [-0.2, -0.15) is 0 Å². The highest BCUT2D eigenvalue weighted by molar-refractivity contribution is 5.78. The van der Waals surface area contributed by atoms with Crippen molar-refractivity contribution in [1.82, 2.24) is 0 Å². The lowest BCUT2D eigenvalue weighted by atomic mass is 9.84. The van der Waals surface area contributed by atoms with E-state index in [1.54, 1.807) is 0 Å². The number of fused-ring (bicyclic) bond motifs is 3. The van der Waals surface area contributed by atoms with Crippen LogP contribution in [0.4, 0.5) is 0 Å². The molecule has 2 aromatic carbocycles. The fraction of sp³-hybridized carbons (Fsp3) is 0.294. The SMILES string of the molecule is c1ccc2c(c1)-c1ccccc1C2[C@@H]1CCOC1. The van der Waals surface area contributed by atoms with E-state index in [1.165, 1.54) is 28.7 Å². The second kappa shape index (κ2) is 3.96. The molecule has 0 bridgehead atoms. The van der Waals surface area contributed by atoms with Crippen molar-refractivity contribution in [3.63, 3.8) is 0 Å². The van der Waals surface area contributed by atoms with Crippen LogP contribution in [-0.4, -0.2) is 13.2 Å². The van der Waals surface area contributed by atoms with E-state index in [-0.39, 0.29) is 0 Å². The zero-order valence-electron chi connectivity index (χ0n) is 10.3. The second-order valence-electron chi connectivity index (χ2n) is 5.28. The fourth-order valence-electron chi connectivity index (χ4n) is 3.52. The van der Waals surface area contributed by atoms with E-state index in [9.17, 15) is 0 Å². The molecule has 2 aromatic rings. The normalized spacial score (nSPS) is 21.9. The minimum absolute atomic E-state index is 0.542. The maximum absolute atomic E-state index is 5.60. The molecule has 0 N–H and O–H groups in total. The Morgan fingerprint density at radius 3 is 2.00 bits per heavy atom. The first kappa shape index (κ1) is 10.3. The van der Waals surface area contributed by atoms with Crippen LogP contribution in [0.2, 0.25) is 0 Å². The zero-order chi connectivity index (χ0) is 11.9. The van der Waals surface area contributed by atoms with Crippen LogP contribution in [0.5, 0.6) is 0 Å². The molecule has 90 valence electrons. The summed E-state index contributed by atoms with van der Waals surface area (Å²) in [5.41, 5.74) is 5.83. The molecule has 1 heterocycles. The van der Waals surface area contributed by atoms with Gasteiger partial charge in [0.2, 0.25) is 0 Å². The van der Waals surface area contributed by atoms with E-state index >= 15 is 0 Å². The molecule has 1 atom stereocenters. The van der Waals surface area contributed by atoms with Crippen LogP contribution in [0.3, 0.4) is 0 Å². The molecule has 1 nitrogen and oxygen atoms in total. The number of rotatable bonds is 1. The van der Waals surface area contributed by atoms with Crippen molar-refractivity contribution < 1.29 is 4.74 Å². The largest absolute Gasteiger partial charge is 0.381 e. The predicted molar refractivity (Wildman–Crippen MR) is 72.6 cm³/mol. The number of hydrogen-bond donors (Lipinski definition) is 0. The van der Waals surface area contributed by atoms with E-state index < -0.39 is 0 Å². The van der Waals surface area contributed by atoms with Crippen molar-refractivity contribution in [3.05, 3.63) is 59.7 Å². The van der Waals surface area contributed by atoms with Crippen molar-refractivity contribution in [2.45, 2.75) is 12.3 Å². The Hall–Kier alpha value is -1.60. The van der Waals surface area contributed by atoms with E-state index in [0.29, 0.717) is 11.8 Å². The Morgan fingerprint density at radius 1 is 0.833 bits per heavy atom. The van der Waals surface area contributed by atoms with E-state index in [1.807, 2.05) is 0 Å². The van der Waals surface area contributed by atoms with Gasteiger partial charge in [-0.05, 0) is 34.6 Å². The maximum Gasteiger partial charge on any atom is 0.0504 e. The molecule has 1 aliphatic carbocycles. The Morgan fingerprint density at radius 2 is 1.44 bits per heavy atom. The van der Waals surface area contributed by atoms with E-state index in [4.69, 9.17) is 4.74 Å². The van der Waals surface area contributed by atoms with Gasteiger partial charge < -0.3 is 4.74 Å².